The normalized spacial score (nSPS) is 10.8. The number of carbonyl (C=O) groups excluding carboxylic acids is 3. The lowest BCUT2D eigenvalue weighted by molar-refractivity contribution is -0.141. The standard InChI is InChI=1S/C18H18O7/c1-3-22-15(19)9-10-16(20)24-11-13-12-7-5-6-8-14(12)25-17(13)18(21)23-4-2/h5-10H,3-4,11H2,1-2H3/b10-9+. The lowest BCUT2D eigenvalue weighted by Crippen LogP contribution is -2.09. The fourth-order valence-corrected chi connectivity index (χ4v) is 2.12. The number of carbonyl (C=O) groups is 3. The summed E-state index contributed by atoms with van der Waals surface area (Å²) in [6.07, 6.45) is 1.94. The smallest absolute Gasteiger partial charge is 0.374 e. The number of hydrogen-bond acceptors (Lipinski definition) is 7. The van der Waals surface area contributed by atoms with E-state index in [1.165, 1.54) is 0 Å². The highest BCUT2D eigenvalue weighted by molar-refractivity contribution is 5.96. The summed E-state index contributed by atoms with van der Waals surface area (Å²) in [7, 11) is 0. The van der Waals surface area contributed by atoms with Gasteiger partial charge in [0, 0.05) is 17.5 Å². The number of rotatable bonds is 7. The van der Waals surface area contributed by atoms with E-state index in [4.69, 9.17) is 13.9 Å². The van der Waals surface area contributed by atoms with Gasteiger partial charge in [-0.15, -0.1) is 0 Å². The Morgan fingerprint density at radius 2 is 1.60 bits per heavy atom. The van der Waals surface area contributed by atoms with Crippen LogP contribution in [0, 0.1) is 0 Å². The predicted molar refractivity (Wildman–Crippen MR) is 87.7 cm³/mol. The molecule has 0 aliphatic carbocycles. The molecule has 0 aliphatic rings. The average Bonchev–Trinajstić information content (AvgIpc) is 2.97. The SMILES string of the molecule is CCOC(=O)/C=C/C(=O)OCc1c(C(=O)OCC)oc2ccccc12. The van der Waals surface area contributed by atoms with Gasteiger partial charge in [-0.3, -0.25) is 0 Å². The number of furan rings is 1. The Bertz CT molecular complexity index is 801. The summed E-state index contributed by atoms with van der Waals surface area (Å²) >= 11 is 0. The molecule has 0 radical (unpaired) electrons. The minimum atomic E-state index is -0.742. The lowest BCUT2D eigenvalue weighted by atomic mass is 10.1. The largest absolute Gasteiger partial charge is 0.463 e. The van der Waals surface area contributed by atoms with Gasteiger partial charge in [0.05, 0.1) is 18.8 Å². The summed E-state index contributed by atoms with van der Waals surface area (Å²) in [6.45, 7) is 3.54. The minimum absolute atomic E-state index is 0.00905. The second-order valence-corrected chi connectivity index (χ2v) is 4.82. The van der Waals surface area contributed by atoms with E-state index in [1.54, 1.807) is 38.1 Å². The molecule has 0 atom stereocenters. The second kappa shape index (κ2) is 8.68. The predicted octanol–water partition coefficient (Wildman–Crippen LogP) is 2.77. The van der Waals surface area contributed by atoms with Gasteiger partial charge in [-0.1, -0.05) is 18.2 Å². The summed E-state index contributed by atoms with van der Waals surface area (Å²) < 4.78 is 20.2. The van der Waals surface area contributed by atoms with Crippen molar-refractivity contribution in [3.8, 4) is 0 Å². The summed E-state index contributed by atoms with van der Waals surface area (Å²) in [4.78, 5) is 34.9. The molecule has 7 nitrogen and oxygen atoms in total. The topological polar surface area (TPSA) is 92.0 Å². The van der Waals surface area contributed by atoms with E-state index in [2.05, 4.69) is 4.74 Å². The monoisotopic (exact) mass is 346 g/mol. The molecule has 25 heavy (non-hydrogen) atoms. The van der Waals surface area contributed by atoms with Crippen LogP contribution in [0.1, 0.15) is 30.0 Å². The third-order valence-electron chi connectivity index (χ3n) is 3.16. The molecule has 0 bridgehead atoms. The van der Waals surface area contributed by atoms with Crippen molar-refractivity contribution < 1.29 is 33.0 Å². The highest BCUT2D eigenvalue weighted by Crippen LogP contribution is 2.27. The Balaban J connectivity index is 2.16. The molecule has 1 aromatic heterocycles. The quantitative estimate of drug-likeness (QED) is 0.432. The third kappa shape index (κ3) is 4.69. The van der Waals surface area contributed by atoms with Crippen molar-refractivity contribution in [2.45, 2.75) is 20.5 Å². The van der Waals surface area contributed by atoms with Crippen LogP contribution in [0.15, 0.2) is 40.8 Å². The van der Waals surface area contributed by atoms with Crippen molar-refractivity contribution in [1.82, 2.24) is 0 Å². The van der Waals surface area contributed by atoms with E-state index in [0.717, 1.165) is 12.2 Å². The molecule has 0 amide bonds. The first-order valence-corrected chi connectivity index (χ1v) is 7.75. The van der Waals surface area contributed by atoms with Crippen LogP contribution in [-0.2, 0) is 30.4 Å². The summed E-state index contributed by atoms with van der Waals surface area (Å²) in [5.41, 5.74) is 0.894. The van der Waals surface area contributed by atoms with E-state index in [-0.39, 0.29) is 25.6 Å². The van der Waals surface area contributed by atoms with Crippen molar-refractivity contribution in [1.29, 1.82) is 0 Å². The Kier molecular flexibility index (Phi) is 6.33. The molecular weight excluding hydrogens is 328 g/mol. The number of para-hydroxylation sites is 1. The van der Waals surface area contributed by atoms with Gasteiger partial charge in [-0.25, -0.2) is 14.4 Å². The molecule has 2 aromatic rings. The zero-order valence-corrected chi connectivity index (χ0v) is 13.9. The molecule has 0 aliphatic heterocycles. The summed E-state index contributed by atoms with van der Waals surface area (Å²) in [6, 6.07) is 6.99. The maximum atomic E-state index is 12.0. The molecule has 7 heteroatoms. The van der Waals surface area contributed by atoms with Gasteiger partial charge >= 0.3 is 17.9 Å². The highest BCUT2D eigenvalue weighted by Gasteiger charge is 2.22. The van der Waals surface area contributed by atoms with Crippen LogP contribution in [0.5, 0.6) is 0 Å². The van der Waals surface area contributed by atoms with Crippen LogP contribution in [0.2, 0.25) is 0 Å². The number of benzene rings is 1. The number of fused-ring (bicyclic) bond motifs is 1. The van der Waals surface area contributed by atoms with E-state index >= 15 is 0 Å². The van der Waals surface area contributed by atoms with Gasteiger partial charge in [-0.05, 0) is 19.9 Å². The first-order chi connectivity index (χ1) is 12.1. The third-order valence-corrected chi connectivity index (χ3v) is 3.16. The van der Waals surface area contributed by atoms with Crippen LogP contribution >= 0.6 is 0 Å². The van der Waals surface area contributed by atoms with E-state index in [9.17, 15) is 14.4 Å². The molecule has 2 rings (SSSR count). The first-order valence-electron chi connectivity index (χ1n) is 7.75. The van der Waals surface area contributed by atoms with Crippen LogP contribution in [0.25, 0.3) is 11.0 Å². The van der Waals surface area contributed by atoms with Crippen molar-refractivity contribution in [3.63, 3.8) is 0 Å². The van der Waals surface area contributed by atoms with Crippen LogP contribution < -0.4 is 0 Å². The zero-order chi connectivity index (χ0) is 18.2. The van der Waals surface area contributed by atoms with Crippen molar-refractivity contribution in [2.75, 3.05) is 13.2 Å². The molecule has 0 saturated carbocycles. The van der Waals surface area contributed by atoms with Crippen molar-refractivity contribution >= 4 is 28.9 Å². The van der Waals surface area contributed by atoms with Crippen molar-refractivity contribution in [2.24, 2.45) is 0 Å². The Labute approximate surface area is 144 Å². The molecule has 0 saturated heterocycles. The Hall–Kier alpha value is -3.09. The van der Waals surface area contributed by atoms with Gasteiger partial charge in [0.15, 0.2) is 0 Å². The van der Waals surface area contributed by atoms with E-state index in [1.807, 2.05) is 0 Å². The van der Waals surface area contributed by atoms with Gasteiger partial charge in [0.1, 0.15) is 12.2 Å². The molecule has 132 valence electrons. The van der Waals surface area contributed by atoms with Crippen LogP contribution in [0.3, 0.4) is 0 Å². The molecule has 1 heterocycles. The molecular formula is C18H18O7. The maximum Gasteiger partial charge on any atom is 0.374 e. The van der Waals surface area contributed by atoms with Crippen LogP contribution in [-0.4, -0.2) is 31.1 Å². The second-order valence-electron chi connectivity index (χ2n) is 4.82. The van der Waals surface area contributed by atoms with Gasteiger partial charge in [0.2, 0.25) is 5.76 Å². The Morgan fingerprint density at radius 1 is 0.960 bits per heavy atom. The van der Waals surface area contributed by atoms with Crippen LogP contribution in [0.4, 0.5) is 0 Å². The number of esters is 3. The fraction of sp³-hybridized carbons (Fsp3) is 0.278. The molecule has 0 unspecified atom stereocenters. The van der Waals surface area contributed by atoms with Gasteiger partial charge < -0.3 is 18.6 Å². The minimum Gasteiger partial charge on any atom is -0.463 e. The summed E-state index contributed by atoms with van der Waals surface area (Å²) in [5.74, 6) is -2.02. The molecule has 1 aromatic carbocycles. The van der Waals surface area contributed by atoms with Gasteiger partial charge in [0.25, 0.3) is 0 Å². The number of hydrogen-bond donors (Lipinski definition) is 0. The molecule has 0 fully saturated rings. The van der Waals surface area contributed by atoms with E-state index < -0.39 is 17.9 Å². The first kappa shape index (κ1) is 18.3. The fourth-order valence-electron chi connectivity index (χ4n) is 2.12. The number of ether oxygens (including phenoxy) is 3. The highest BCUT2D eigenvalue weighted by atomic mass is 16.5. The average molecular weight is 346 g/mol. The summed E-state index contributed by atoms with van der Waals surface area (Å²) in [5, 5.41) is 0.646. The maximum absolute atomic E-state index is 12.0. The Morgan fingerprint density at radius 3 is 2.28 bits per heavy atom. The zero-order valence-electron chi connectivity index (χ0n) is 13.9. The lowest BCUT2D eigenvalue weighted by Gasteiger charge is -2.04. The molecule has 0 N–H and O–H groups in total. The molecule has 0 spiro atoms. The van der Waals surface area contributed by atoms with E-state index in [0.29, 0.717) is 16.5 Å². The van der Waals surface area contributed by atoms with Gasteiger partial charge in [-0.2, -0.15) is 0 Å². The van der Waals surface area contributed by atoms with Crippen molar-refractivity contribution in [3.05, 3.63) is 47.7 Å².